The fourth-order valence-corrected chi connectivity index (χ4v) is 2.31. The van der Waals surface area contributed by atoms with Crippen LogP contribution in [0.25, 0.3) is 0 Å². The molecule has 0 spiro atoms. The number of rotatable bonds is 7. The minimum absolute atomic E-state index is 0.00551. The van der Waals surface area contributed by atoms with Gasteiger partial charge in [0.25, 0.3) is 0 Å². The van der Waals surface area contributed by atoms with Crippen molar-refractivity contribution in [2.24, 2.45) is 11.1 Å². The van der Waals surface area contributed by atoms with Crippen molar-refractivity contribution >= 4 is 13.2 Å². The third-order valence-electron chi connectivity index (χ3n) is 3.35. The third kappa shape index (κ3) is 4.77. The van der Waals surface area contributed by atoms with Crippen LogP contribution >= 0.6 is 7.37 Å². The lowest BCUT2D eigenvalue weighted by atomic mass is 9.77. The summed E-state index contributed by atoms with van der Waals surface area (Å²) in [5.41, 5.74) is 5.38. The Morgan fingerprint density at radius 2 is 1.88 bits per heavy atom. The average molecular weight is 249 g/mol. The van der Waals surface area contributed by atoms with Crippen molar-refractivity contribution in [1.82, 2.24) is 0 Å². The van der Waals surface area contributed by atoms with Gasteiger partial charge in [0.05, 0.1) is 6.04 Å². The summed E-state index contributed by atoms with van der Waals surface area (Å²) in [4.78, 5) is 21.2. The van der Waals surface area contributed by atoms with Crippen molar-refractivity contribution in [2.45, 2.75) is 46.1 Å². The smallest absolute Gasteiger partial charge is 0.197 e. The van der Waals surface area contributed by atoms with Crippen molar-refractivity contribution in [3.05, 3.63) is 0 Å². The molecule has 0 amide bonds. The molecule has 0 saturated carbocycles. The zero-order valence-electron chi connectivity index (χ0n) is 10.7. The van der Waals surface area contributed by atoms with E-state index in [1.54, 1.807) is 0 Å². The molecule has 0 radical (unpaired) electrons. The van der Waals surface area contributed by atoms with E-state index in [1.807, 2.05) is 20.8 Å². The molecule has 0 aliphatic carbocycles. The Balaban J connectivity index is 4.45. The van der Waals surface area contributed by atoms with E-state index in [-0.39, 0.29) is 11.9 Å². The number of ketones is 1. The lowest BCUT2D eigenvalue weighted by Crippen LogP contribution is -2.41. The number of nitrogens with two attached hydrogens (primary N) is 1. The molecule has 5 heteroatoms. The van der Waals surface area contributed by atoms with Gasteiger partial charge >= 0.3 is 0 Å². The summed E-state index contributed by atoms with van der Waals surface area (Å²) in [5, 5.41) is 0. The van der Waals surface area contributed by atoms with Crippen LogP contribution in [0, 0.1) is 5.41 Å². The van der Waals surface area contributed by atoms with Gasteiger partial charge in [-0.1, -0.05) is 20.8 Å². The van der Waals surface area contributed by atoms with Crippen LogP contribution in [-0.2, 0) is 9.36 Å². The zero-order valence-corrected chi connectivity index (χ0v) is 11.6. The molecule has 0 rings (SSSR count). The Hall–Kier alpha value is -0.180. The highest BCUT2D eigenvalue weighted by atomic mass is 31.2. The van der Waals surface area contributed by atoms with Crippen LogP contribution in [0.15, 0.2) is 0 Å². The van der Waals surface area contributed by atoms with Crippen LogP contribution in [0.3, 0.4) is 0 Å². The van der Waals surface area contributed by atoms with Crippen molar-refractivity contribution in [2.75, 3.05) is 12.8 Å². The number of hydrogen-bond acceptors (Lipinski definition) is 3. The van der Waals surface area contributed by atoms with Crippen LogP contribution in [0.4, 0.5) is 0 Å². The van der Waals surface area contributed by atoms with E-state index in [9.17, 15) is 9.36 Å². The quantitative estimate of drug-likeness (QED) is 0.676. The second kappa shape index (κ2) is 5.95. The maximum atomic E-state index is 12.0. The number of hydrogen-bond donors (Lipinski definition) is 2. The summed E-state index contributed by atoms with van der Waals surface area (Å²) in [5.74, 6) is 0.00551. The Morgan fingerprint density at radius 3 is 2.19 bits per heavy atom. The fourth-order valence-electron chi connectivity index (χ4n) is 1.56. The highest BCUT2D eigenvalue weighted by Crippen LogP contribution is 2.37. The first kappa shape index (κ1) is 15.8. The van der Waals surface area contributed by atoms with E-state index in [1.165, 1.54) is 6.66 Å². The summed E-state index contributed by atoms with van der Waals surface area (Å²) >= 11 is 0. The van der Waals surface area contributed by atoms with Gasteiger partial charge in [0.2, 0.25) is 0 Å². The van der Waals surface area contributed by atoms with Gasteiger partial charge in [-0.15, -0.1) is 0 Å². The molecule has 96 valence electrons. The van der Waals surface area contributed by atoms with Crippen molar-refractivity contribution in [1.29, 1.82) is 0 Å². The highest BCUT2D eigenvalue weighted by Gasteiger charge is 2.33. The molecule has 0 aliphatic rings. The lowest BCUT2D eigenvalue weighted by Gasteiger charge is -2.28. The number of carbonyl (C=O) groups is 1. The van der Waals surface area contributed by atoms with E-state index >= 15 is 0 Å². The largest absolute Gasteiger partial charge is 0.344 e. The van der Waals surface area contributed by atoms with E-state index in [0.717, 1.165) is 12.8 Å². The molecule has 0 aromatic heterocycles. The van der Waals surface area contributed by atoms with E-state index in [0.29, 0.717) is 6.42 Å². The second-order valence-corrected chi connectivity index (χ2v) is 7.35. The van der Waals surface area contributed by atoms with Crippen LogP contribution in [0.5, 0.6) is 0 Å². The van der Waals surface area contributed by atoms with E-state index < -0.39 is 18.8 Å². The third-order valence-corrected chi connectivity index (χ3v) is 4.44. The molecule has 3 N–H and O–H groups in total. The van der Waals surface area contributed by atoms with E-state index in [2.05, 4.69) is 0 Å². The minimum atomic E-state index is -3.06. The lowest BCUT2D eigenvalue weighted by molar-refractivity contribution is -0.129. The molecule has 0 saturated heterocycles. The molecule has 0 aliphatic heterocycles. The molecule has 0 aromatic carbocycles. The summed E-state index contributed by atoms with van der Waals surface area (Å²) < 4.78 is 11.1. The topological polar surface area (TPSA) is 80.4 Å². The monoisotopic (exact) mass is 249 g/mol. The van der Waals surface area contributed by atoms with Gasteiger partial charge in [0.15, 0.2) is 13.2 Å². The molecule has 0 heterocycles. The maximum absolute atomic E-state index is 12.0. The molecular formula is C11H24NO3P. The van der Waals surface area contributed by atoms with Gasteiger partial charge in [-0.2, -0.15) is 0 Å². The summed E-state index contributed by atoms with van der Waals surface area (Å²) in [7, 11) is -3.06. The number of Topliss-reactive ketones (excluding diaryl/α,β-unsaturated/α-hetero) is 1. The molecule has 0 aromatic rings. The van der Waals surface area contributed by atoms with Gasteiger partial charge in [0.1, 0.15) is 0 Å². The Bertz CT molecular complexity index is 281. The average Bonchev–Trinajstić information content (AvgIpc) is 2.22. The van der Waals surface area contributed by atoms with Crippen molar-refractivity contribution in [3.8, 4) is 0 Å². The first-order valence-corrected chi connectivity index (χ1v) is 8.04. The fraction of sp³-hybridized carbons (Fsp3) is 0.909. The Morgan fingerprint density at radius 1 is 1.44 bits per heavy atom. The predicted molar refractivity (Wildman–Crippen MR) is 66.9 cm³/mol. The number of carbonyl (C=O) groups excluding carboxylic acids is 1. The van der Waals surface area contributed by atoms with Crippen LogP contribution < -0.4 is 5.73 Å². The Kier molecular flexibility index (Phi) is 5.88. The Labute approximate surface area is 98.1 Å². The molecule has 0 bridgehead atoms. The summed E-state index contributed by atoms with van der Waals surface area (Å²) in [6.45, 7) is 7.12. The normalized spacial score (nSPS) is 17.9. The maximum Gasteiger partial charge on any atom is 0.197 e. The first-order valence-electron chi connectivity index (χ1n) is 5.75. The molecule has 0 fully saturated rings. The SMILES string of the molecule is CCC(C)(CC)C(=O)C(N)CCP(C)(=O)O. The second-order valence-electron chi connectivity index (χ2n) is 4.80. The first-order chi connectivity index (χ1) is 7.16. The van der Waals surface area contributed by atoms with Crippen LogP contribution in [-0.4, -0.2) is 29.5 Å². The van der Waals surface area contributed by atoms with Gasteiger partial charge in [-0.05, 0) is 19.3 Å². The summed E-state index contributed by atoms with van der Waals surface area (Å²) in [6.07, 6.45) is 1.90. The van der Waals surface area contributed by atoms with Gasteiger partial charge in [0, 0.05) is 18.2 Å². The van der Waals surface area contributed by atoms with Crippen molar-refractivity contribution in [3.63, 3.8) is 0 Å². The minimum Gasteiger partial charge on any atom is -0.344 e. The van der Waals surface area contributed by atoms with Gasteiger partial charge in [-0.25, -0.2) is 0 Å². The van der Waals surface area contributed by atoms with Gasteiger partial charge in [-0.3, -0.25) is 9.36 Å². The molecule has 16 heavy (non-hydrogen) atoms. The van der Waals surface area contributed by atoms with Crippen LogP contribution in [0.1, 0.15) is 40.0 Å². The van der Waals surface area contributed by atoms with Crippen molar-refractivity contribution < 1.29 is 14.3 Å². The molecule has 2 unspecified atom stereocenters. The standard InChI is InChI=1S/C11H24NO3P/c1-5-11(3,6-2)10(13)9(12)7-8-16(4,14)15/h9H,5-8,12H2,1-4H3,(H,14,15). The molecular weight excluding hydrogens is 225 g/mol. The van der Waals surface area contributed by atoms with E-state index in [4.69, 9.17) is 10.6 Å². The van der Waals surface area contributed by atoms with Gasteiger partial charge < -0.3 is 10.6 Å². The molecule has 2 atom stereocenters. The summed E-state index contributed by atoms with van der Waals surface area (Å²) in [6, 6.07) is -0.620. The highest BCUT2D eigenvalue weighted by molar-refractivity contribution is 7.57. The predicted octanol–water partition coefficient (Wildman–Crippen LogP) is 2.00. The van der Waals surface area contributed by atoms with Crippen LogP contribution in [0.2, 0.25) is 0 Å². The molecule has 4 nitrogen and oxygen atoms in total. The zero-order chi connectivity index (χ0) is 13.0.